The summed E-state index contributed by atoms with van der Waals surface area (Å²) in [5.41, 5.74) is 0. The average molecular weight is 273 g/mol. The minimum atomic E-state index is -0.853. The molecule has 3 nitrogen and oxygen atoms in total. The Bertz CT molecular complexity index is 364. The van der Waals surface area contributed by atoms with Crippen molar-refractivity contribution in [2.24, 2.45) is 0 Å². The highest BCUT2D eigenvalue weighted by molar-refractivity contribution is 9.10. The van der Waals surface area contributed by atoms with Crippen LogP contribution in [0.4, 0.5) is 0 Å². The zero-order valence-electron chi connectivity index (χ0n) is 8.33. The van der Waals surface area contributed by atoms with Crippen molar-refractivity contribution in [2.75, 3.05) is 0 Å². The van der Waals surface area contributed by atoms with Gasteiger partial charge in [-0.2, -0.15) is 0 Å². The zero-order valence-corrected chi connectivity index (χ0v) is 9.92. The van der Waals surface area contributed by atoms with Gasteiger partial charge >= 0.3 is 5.97 Å². The van der Waals surface area contributed by atoms with E-state index in [0.717, 1.165) is 23.1 Å². The number of furan rings is 1. The van der Waals surface area contributed by atoms with Gasteiger partial charge in [0.25, 0.3) is 0 Å². The molecule has 15 heavy (non-hydrogen) atoms. The second kappa shape index (κ2) is 4.39. The van der Waals surface area contributed by atoms with E-state index in [1.165, 1.54) is 12.8 Å². The zero-order chi connectivity index (χ0) is 10.8. The molecular weight excluding hydrogens is 260 g/mol. The van der Waals surface area contributed by atoms with Gasteiger partial charge in [-0.05, 0) is 34.8 Å². The van der Waals surface area contributed by atoms with Gasteiger partial charge in [-0.1, -0.05) is 12.8 Å². The van der Waals surface area contributed by atoms with Crippen LogP contribution in [0.15, 0.2) is 15.0 Å². The fourth-order valence-corrected chi connectivity index (χ4v) is 2.79. The Morgan fingerprint density at radius 2 is 2.20 bits per heavy atom. The van der Waals surface area contributed by atoms with E-state index >= 15 is 0 Å². The first-order valence-electron chi connectivity index (χ1n) is 5.16. The van der Waals surface area contributed by atoms with Crippen LogP contribution in [-0.2, 0) is 11.2 Å². The van der Waals surface area contributed by atoms with Gasteiger partial charge in [0.05, 0.1) is 4.47 Å². The summed E-state index contributed by atoms with van der Waals surface area (Å²) < 4.78 is 6.50. The van der Waals surface area contributed by atoms with Crippen LogP contribution in [0.2, 0.25) is 0 Å². The Balaban J connectivity index is 2.17. The lowest BCUT2D eigenvalue weighted by atomic mass is 10.1. The number of halogens is 1. The molecule has 0 unspecified atom stereocenters. The number of hydrogen-bond donors (Lipinski definition) is 1. The molecule has 0 atom stereocenters. The van der Waals surface area contributed by atoms with Crippen molar-refractivity contribution in [3.05, 3.63) is 22.1 Å². The standard InChI is InChI=1S/C11H13BrO3/c12-9-5-8(6-10(13)14)15-11(9)7-3-1-2-4-7/h5,7H,1-4,6H2,(H,13,14). The minimum Gasteiger partial charge on any atom is -0.481 e. The van der Waals surface area contributed by atoms with Gasteiger partial charge in [-0.15, -0.1) is 0 Å². The molecule has 0 amide bonds. The van der Waals surface area contributed by atoms with Crippen LogP contribution in [0.25, 0.3) is 0 Å². The summed E-state index contributed by atoms with van der Waals surface area (Å²) in [5.74, 6) is 1.09. The Morgan fingerprint density at radius 3 is 2.80 bits per heavy atom. The quantitative estimate of drug-likeness (QED) is 0.918. The molecule has 1 fully saturated rings. The summed E-state index contributed by atoms with van der Waals surface area (Å²) >= 11 is 3.43. The van der Waals surface area contributed by atoms with E-state index in [2.05, 4.69) is 15.9 Å². The molecule has 1 N–H and O–H groups in total. The number of carboxylic acids is 1. The van der Waals surface area contributed by atoms with Crippen LogP contribution >= 0.6 is 15.9 Å². The Hall–Kier alpha value is -0.770. The number of aliphatic carboxylic acids is 1. The molecule has 0 aliphatic heterocycles. The van der Waals surface area contributed by atoms with Crippen LogP contribution in [-0.4, -0.2) is 11.1 Å². The maximum absolute atomic E-state index is 10.5. The summed E-state index contributed by atoms with van der Waals surface area (Å²) in [7, 11) is 0. The molecule has 0 radical (unpaired) electrons. The highest BCUT2D eigenvalue weighted by atomic mass is 79.9. The smallest absolute Gasteiger partial charge is 0.311 e. The van der Waals surface area contributed by atoms with Crippen LogP contribution < -0.4 is 0 Å². The van der Waals surface area contributed by atoms with Gasteiger partial charge in [0.15, 0.2) is 0 Å². The number of hydrogen-bond acceptors (Lipinski definition) is 2. The van der Waals surface area contributed by atoms with Crippen molar-refractivity contribution < 1.29 is 14.3 Å². The molecule has 0 aromatic carbocycles. The van der Waals surface area contributed by atoms with Gasteiger partial charge < -0.3 is 9.52 Å². The van der Waals surface area contributed by atoms with E-state index in [4.69, 9.17) is 9.52 Å². The van der Waals surface area contributed by atoms with Crippen molar-refractivity contribution in [3.63, 3.8) is 0 Å². The second-order valence-electron chi connectivity index (χ2n) is 3.98. The third kappa shape index (κ3) is 2.43. The highest BCUT2D eigenvalue weighted by Crippen LogP contribution is 2.39. The molecular formula is C11H13BrO3. The molecule has 82 valence electrons. The molecule has 1 aromatic heterocycles. The lowest BCUT2D eigenvalue weighted by Gasteiger charge is -2.05. The summed E-state index contributed by atoms with van der Waals surface area (Å²) in [6.07, 6.45) is 4.75. The second-order valence-corrected chi connectivity index (χ2v) is 4.83. The fourth-order valence-electron chi connectivity index (χ4n) is 2.13. The molecule has 0 spiro atoms. The maximum Gasteiger partial charge on any atom is 0.311 e. The van der Waals surface area contributed by atoms with Crippen LogP contribution in [0.3, 0.4) is 0 Å². The lowest BCUT2D eigenvalue weighted by molar-refractivity contribution is -0.136. The van der Waals surface area contributed by atoms with Gasteiger partial charge in [-0.3, -0.25) is 4.79 Å². The van der Waals surface area contributed by atoms with E-state index in [-0.39, 0.29) is 6.42 Å². The predicted octanol–water partition coefficient (Wildman–Crippen LogP) is 3.33. The van der Waals surface area contributed by atoms with Crippen molar-refractivity contribution in [2.45, 2.75) is 38.0 Å². The number of carboxylic acid groups (broad SMARTS) is 1. The van der Waals surface area contributed by atoms with E-state index in [1.54, 1.807) is 6.07 Å². The summed E-state index contributed by atoms with van der Waals surface area (Å²) in [6, 6.07) is 1.78. The molecule has 0 saturated heterocycles. The molecule has 1 saturated carbocycles. The monoisotopic (exact) mass is 272 g/mol. The summed E-state index contributed by atoms with van der Waals surface area (Å²) in [6.45, 7) is 0. The summed E-state index contributed by atoms with van der Waals surface area (Å²) in [4.78, 5) is 10.5. The topological polar surface area (TPSA) is 50.4 Å². The molecule has 1 heterocycles. The van der Waals surface area contributed by atoms with Crippen molar-refractivity contribution >= 4 is 21.9 Å². The first kappa shape index (κ1) is 10.7. The largest absolute Gasteiger partial charge is 0.481 e. The SMILES string of the molecule is O=C(O)Cc1cc(Br)c(C2CCCC2)o1. The molecule has 1 aliphatic rings. The Labute approximate surface area is 96.6 Å². The summed E-state index contributed by atoms with van der Waals surface area (Å²) in [5, 5.41) is 8.66. The van der Waals surface area contributed by atoms with E-state index < -0.39 is 5.97 Å². The van der Waals surface area contributed by atoms with Gasteiger partial charge in [0.2, 0.25) is 0 Å². The van der Waals surface area contributed by atoms with Crippen LogP contribution in [0, 0.1) is 0 Å². The van der Waals surface area contributed by atoms with E-state index in [0.29, 0.717) is 11.7 Å². The predicted molar refractivity (Wildman–Crippen MR) is 59.0 cm³/mol. The first-order valence-corrected chi connectivity index (χ1v) is 5.96. The number of carbonyl (C=O) groups is 1. The fraction of sp³-hybridized carbons (Fsp3) is 0.545. The van der Waals surface area contributed by atoms with Gasteiger partial charge in [0.1, 0.15) is 17.9 Å². The maximum atomic E-state index is 10.5. The van der Waals surface area contributed by atoms with Crippen molar-refractivity contribution in [1.29, 1.82) is 0 Å². The molecule has 0 bridgehead atoms. The van der Waals surface area contributed by atoms with E-state index in [9.17, 15) is 4.79 Å². The molecule has 4 heteroatoms. The lowest BCUT2D eigenvalue weighted by Crippen LogP contribution is -1.98. The van der Waals surface area contributed by atoms with Crippen LogP contribution in [0.1, 0.15) is 43.1 Å². The van der Waals surface area contributed by atoms with Gasteiger partial charge in [0, 0.05) is 5.92 Å². The molecule has 1 aliphatic carbocycles. The Kier molecular flexibility index (Phi) is 3.14. The average Bonchev–Trinajstić information content (AvgIpc) is 2.72. The Morgan fingerprint density at radius 1 is 1.53 bits per heavy atom. The van der Waals surface area contributed by atoms with Crippen molar-refractivity contribution in [1.82, 2.24) is 0 Å². The molecule has 2 rings (SSSR count). The van der Waals surface area contributed by atoms with E-state index in [1.807, 2.05) is 0 Å². The molecule has 1 aromatic rings. The minimum absolute atomic E-state index is 0.0364. The van der Waals surface area contributed by atoms with Gasteiger partial charge in [-0.25, -0.2) is 0 Å². The normalized spacial score (nSPS) is 17.1. The highest BCUT2D eigenvalue weighted by Gasteiger charge is 2.23. The number of rotatable bonds is 3. The first-order chi connectivity index (χ1) is 7.16. The third-order valence-corrected chi connectivity index (χ3v) is 3.44. The van der Waals surface area contributed by atoms with Crippen molar-refractivity contribution in [3.8, 4) is 0 Å². The van der Waals surface area contributed by atoms with Crippen LogP contribution in [0.5, 0.6) is 0 Å². The third-order valence-electron chi connectivity index (χ3n) is 2.82.